The monoisotopic (exact) mass is 211 g/mol. The number of aliphatic imine (C=N–C) groups is 1. The van der Waals surface area contributed by atoms with Crippen molar-refractivity contribution < 1.29 is 13.5 Å². The molecule has 1 aromatic rings. The zero-order valence-electron chi connectivity index (χ0n) is 8.34. The highest BCUT2D eigenvalue weighted by Gasteiger charge is 2.23. The van der Waals surface area contributed by atoms with Crippen LogP contribution in [0.25, 0.3) is 0 Å². The normalized spacial score (nSPS) is 20.2. The fraction of sp³-hybridized carbons (Fsp3) is 0.364. The molecule has 1 aliphatic rings. The molecule has 1 unspecified atom stereocenters. The number of ether oxygens (including phenoxy) is 1. The molecule has 0 aromatic heterocycles. The highest BCUT2D eigenvalue weighted by Crippen LogP contribution is 2.28. The van der Waals surface area contributed by atoms with Gasteiger partial charge in [0, 0.05) is 24.9 Å². The number of rotatable bonds is 1. The van der Waals surface area contributed by atoms with Crippen molar-refractivity contribution in [3.05, 3.63) is 35.4 Å². The second kappa shape index (κ2) is 3.96. The Balaban J connectivity index is 2.18. The Labute approximate surface area is 86.6 Å². The predicted molar refractivity (Wildman–Crippen MR) is 53.0 cm³/mol. The second-order valence-electron chi connectivity index (χ2n) is 3.51. The van der Waals surface area contributed by atoms with Crippen LogP contribution in [0.1, 0.15) is 17.9 Å². The van der Waals surface area contributed by atoms with Crippen LogP contribution >= 0.6 is 0 Å². The van der Waals surface area contributed by atoms with Crippen molar-refractivity contribution in [2.24, 2.45) is 4.99 Å². The van der Waals surface area contributed by atoms with Crippen LogP contribution in [-0.2, 0) is 4.74 Å². The Morgan fingerprint density at radius 2 is 2.20 bits per heavy atom. The smallest absolute Gasteiger partial charge is 0.183 e. The number of benzene rings is 1. The maximum absolute atomic E-state index is 13.4. The van der Waals surface area contributed by atoms with Gasteiger partial charge in [-0.25, -0.2) is 8.78 Å². The molecule has 80 valence electrons. The highest BCUT2D eigenvalue weighted by molar-refractivity contribution is 5.79. The van der Waals surface area contributed by atoms with E-state index >= 15 is 0 Å². The van der Waals surface area contributed by atoms with E-state index in [1.165, 1.54) is 12.1 Å². The van der Waals surface area contributed by atoms with Crippen LogP contribution in [0.15, 0.2) is 23.2 Å². The summed E-state index contributed by atoms with van der Waals surface area (Å²) in [6, 6.07) is 3.65. The van der Waals surface area contributed by atoms with E-state index < -0.39 is 11.6 Å². The minimum Gasteiger partial charge on any atom is -0.484 e. The molecule has 1 aliphatic heterocycles. The van der Waals surface area contributed by atoms with Crippen molar-refractivity contribution in [3.8, 4) is 0 Å². The zero-order chi connectivity index (χ0) is 10.8. The third kappa shape index (κ3) is 1.98. The summed E-state index contributed by atoms with van der Waals surface area (Å²) in [5, 5.41) is 0. The van der Waals surface area contributed by atoms with Crippen LogP contribution in [0, 0.1) is 11.6 Å². The molecule has 0 radical (unpaired) electrons. The van der Waals surface area contributed by atoms with Crippen molar-refractivity contribution in [3.63, 3.8) is 0 Å². The number of hydrogen-bond acceptors (Lipinski definition) is 2. The lowest BCUT2D eigenvalue weighted by molar-refractivity contribution is 0.393. The maximum Gasteiger partial charge on any atom is 0.183 e. The Hall–Kier alpha value is -1.45. The highest BCUT2D eigenvalue weighted by atomic mass is 19.1. The first-order valence-corrected chi connectivity index (χ1v) is 4.73. The number of nitrogens with zero attached hydrogens (tertiary/aromatic N) is 1. The van der Waals surface area contributed by atoms with Crippen molar-refractivity contribution in [1.29, 1.82) is 0 Å². The molecular formula is C11H11F2NO. The molecule has 0 fully saturated rings. The molecule has 1 atom stereocenters. The predicted octanol–water partition coefficient (Wildman–Crippen LogP) is 2.50. The minimum atomic E-state index is -0.554. The van der Waals surface area contributed by atoms with Gasteiger partial charge in [-0.3, -0.25) is 4.99 Å². The number of methoxy groups -OCH3 is 1. The Bertz CT molecular complexity index is 404. The summed E-state index contributed by atoms with van der Waals surface area (Å²) in [6.07, 6.45) is 0.582. The van der Waals surface area contributed by atoms with Gasteiger partial charge < -0.3 is 4.74 Å². The molecule has 0 amide bonds. The molecule has 0 bridgehead atoms. The van der Waals surface area contributed by atoms with Gasteiger partial charge in [0.15, 0.2) is 5.90 Å². The summed E-state index contributed by atoms with van der Waals surface area (Å²) < 4.78 is 31.1. The first-order chi connectivity index (χ1) is 7.20. The minimum absolute atomic E-state index is 0.0273. The van der Waals surface area contributed by atoms with E-state index in [0.717, 1.165) is 6.07 Å². The molecule has 0 saturated heterocycles. The molecule has 1 heterocycles. The van der Waals surface area contributed by atoms with Crippen LogP contribution in [0.3, 0.4) is 0 Å². The summed E-state index contributed by atoms with van der Waals surface area (Å²) >= 11 is 0. The zero-order valence-corrected chi connectivity index (χ0v) is 8.34. The quantitative estimate of drug-likeness (QED) is 0.699. The molecule has 2 nitrogen and oxygen atoms in total. The van der Waals surface area contributed by atoms with E-state index in [4.69, 9.17) is 4.74 Å². The van der Waals surface area contributed by atoms with Crippen LogP contribution in [0.4, 0.5) is 8.78 Å². The van der Waals surface area contributed by atoms with E-state index in [2.05, 4.69) is 4.99 Å². The second-order valence-corrected chi connectivity index (χ2v) is 3.51. The number of hydrogen-bond donors (Lipinski definition) is 0. The van der Waals surface area contributed by atoms with Gasteiger partial charge in [-0.1, -0.05) is 6.07 Å². The SMILES string of the molecule is COC1=NCC(c2ccc(F)cc2F)C1. The van der Waals surface area contributed by atoms with Crippen molar-refractivity contribution in [2.75, 3.05) is 13.7 Å². The Morgan fingerprint density at radius 1 is 1.40 bits per heavy atom. The molecule has 0 N–H and O–H groups in total. The maximum atomic E-state index is 13.4. The molecular weight excluding hydrogens is 200 g/mol. The summed E-state index contributed by atoms with van der Waals surface area (Å²) in [4.78, 5) is 4.11. The lowest BCUT2D eigenvalue weighted by Crippen LogP contribution is -2.04. The molecule has 2 rings (SSSR count). The average Bonchev–Trinajstić information content (AvgIpc) is 2.66. The van der Waals surface area contributed by atoms with Gasteiger partial charge in [0.1, 0.15) is 11.6 Å². The summed E-state index contributed by atoms with van der Waals surface area (Å²) in [5.74, 6) is -0.459. The van der Waals surface area contributed by atoms with Crippen LogP contribution in [0.5, 0.6) is 0 Å². The Kier molecular flexibility index (Phi) is 2.66. The van der Waals surface area contributed by atoms with Crippen molar-refractivity contribution in [2.45, 2.75) is 12.3 Å². The van der Waals surface area contributed by atoms with Gasteiger partial charge in [0.25, 0.3) is 0 Å². The lowest BCUT2D eigenvalue weighted by atomic mass is 9.97. The van der Waals surface area contributed by atoms with E-state index in [0.29, 0.717) is 24.4 Å². The number of halogens is 2. The molecule has 0 spiro atoms. The van der Waals surface area contributed by atoms with Gasteiger partial charge in [-0.15, -0.1) is 0 Å². The largest absolute Gasteiger partial charge is 0.484 e. The first-order valence-electron chi connectivity index (χ1n) is 4.73. The third-order valence-corrected chi connectivity index (χ3v) is 2.55. The molecule has 15 heavy (non-hydrogen) atoms. The van der Waals surface area contributed by atoms with Crippen LogP contribution < -0.4 is 0 Å². The first kappa shape index (κ1) is 10.1. The fourth-order valence-electron chi connectivity index (χ4n) is 1.74. The molecule has 1 aromatic carbocycles. The van der Waals surface area contributed by atoms with Gasteiger partial charge in [0.2, 0.25) is 0 Å². The summed E-state index contributed by atoms with van der Waals surface area (Å²) in [5.41, 5.74) is 0.507. The van der Waals surface area contributed by atoms with Gasteiger partial charge >= 0.3 is 0 Å². The van der Waals surface area contributed by atoms with Gasteiger partial charge in [-0.05, 0) is 11.6 Å². The molecule has 4 heteroatoms. The van der Waals surface area contributed by atoms with Crippen molar-refractivity contribution in [1.82, 2.24) is 0 Å². The standard InChI is InChI=1S/C11H11F2NO/c1-15-11-4-7(6-14-11)9-3-2-8(12)5-10(9)13/h2-3,5,7H,4,6H2,1H3. The third-order valence-electron chi connectivity index (χ3n) is 2.55. The molecule has 0 aliphatic carbocycles. The Morgan fingerprint density at radius 3 is 2.80 bits per heavy atom. The average molecular weight is 211 g/mol. The van der Waals surface area contributed by atoms with Crippen LogP contribution in [-0.4, -0.2) is 19.6 Å². The van der Waals surface area contributed by atoms with Gasteiger partial charge in [-0.2, -0.15) is 0 Å². The van der Waals surface area contributed by atoms with E-state index in [9.17, 15) is 8.78 Å². The summed E-state index contributed by atoms with van der Waals surface area (Å²) in [7, 11) is 1.54. The molecule has 0 saturated carbocycles. The van der Waals surface area contributed by atoms with E-state index in [1.54, 1.807) is 7.11 Å². The fourth-order valence-corrected chi connectivity index (χ4v) is 1.74. The summed E-state index contributed by atoms with van der Waals surface area (Å²) in [6.45, 7) is 0.506. The van der Waals surface area contributed by atoms with Crippen molar-refractivity contribution >= 4 is 5.90 Å². The van der Waals surface area contributed by atoms with E-state index in [-0.39, 0.29) is 5.92 Å². The van der Waals surface area contributed by atoms with Crippen LogP contribution in [0.2, 0.25) is 0 Å². The van der Waals surface area contributed by atoms with Gasteiger partial charge in [0.05, 0.1) is 7.11 Å². The topological polar surface area (TPSA) is 21.6 Å². The lowest BCUT2D eigenvalue weighted by Gasteiger charge is -2.09. The van der Waals surface area contributed by atoms with E-state index in [1.807, 2.05) is 0 Å².